The first kappa shape index (κ1) is 16.6. The molecule has 5 rings (SSSR count). The smallest absolute Gasteiger partial charge is 0.255 e. The molecule has 2 aliphatic rings. The highest BCUT2D eigenvalue weighted by atomic mass is 32.1. The number of nitrogens with two attached hydrogens (primary N) is 1. The van der Waals surface area contributed by atoms with E-state index in [1.54, 1.807) is 6.20 Å². The highest BCUT2D eigenvalue weighted by molar-refractivity contribution is 7.15. The van der Waals surface area contributed by atoms with Gasteiger partial charge in [0.15, 0.2) is 10.8 Å². The lowest BCUT2D eigenvalue weighted by Crippen LogP contribution is -2.35. The van der Waals surface area contributed by atoms with Crippen LogP contribution < -0.4 is 5.73 Å². The largest absolute Gasteiger partial charge is 0.381 e. The third kappa shape index (κ3) is 2.96. The molecule has 9 heteroatoms. The van der Waals surface area contributed by atoms with Gasteiger partial charge >= 0.3 is 0 Å². The number of fused-ring (bicyclic) bond motifs is 2. The van der Waals surface area contributed by atoms with Crippen molar-refractivity contribution in [2.24, 2.45) is 0 Å². The van der Waals surface area contributed by atoms with Crippen molar-refractivity contribution in [2.75, 3.05) is 25.5 Å². The zero-order valence-electron chi connectivity index (χ0n) is 14.8. The predicted octanol–water partition coefficient (Wildman–Crippen LogP) is 2.02. The molecule has 5 heterocycles. The molecule has 0 radical (unpaired) electrons. The van der Waals surface area contributed by atoms with Crippen LogP contribution in [0, 0.1) is 0 Å². The average molecular weight is 384 g/mol. The summed E-state index contributed by atoms with van der Waals surface area (Å²) in [5.41, 5.74) is 8.97. The Morgan fingerprint density at radius 3 is 3.00 bits per heavy atom. The van der Waals surface area contributed by atoms with E-state index < -0.39 is 0 Å². The molecule has 2 N–H and O–H groups in total. The van der Waals surface area contributed by atoms with Crippen molar-refractivity contribution in [2.45, 2.75) is 31.8 Å². The number of anilines is 1. The van der Waals surface area contributed by atoms with E-state index in [1.807, 2.05) is 17.3 Å². The van der Waals surface area contributed by atoms with Gasteiger partial charge in [0.25, 0.3) is 5.91 Å². The molecule has 1 saturated heterocycles. The molecule has 0 atom stereocenters. The SMILES string of the molecule is Nc1nc2c(s1)CN(C(=O)c1cnc3c(c1)ncn3C1CCOCC1)CC2. The topological polar surface area (TPSA) is 99.2 Å². The molecular weight excluding hydrogens is 364 g/mol. The fourth-order valence-corrected chi connectivity index (χ4v) is 4.73. The molecule has 2 aliphatic heterocycles. The lowest BCUT2D eigenvalue weighted by atomic mass is 10.1. The van der Waals surface area contributed by atoms with Crippen LogP contribution in [0.5, 0.6) is 0 Å². The predicted molar refractivity (Wildman–Crippen MR) is 102 cm³/mol. The van der Waals surface area contributed by atoms with Gasteiger partial charge in [-0.05, 0) is 18.9 Å². The van der Waals surface area contributed by atoms with Crippen LogP contribution >= 0.6 is 11.3 Å². The number of pyridine rings is 1. The Bertz CT molecular complexity index is 1010. The Balaban J connectivity index is 1.39. The quantitative estimate of drug-likeness (QED) is 0.726. The van der Waals surface area contributed by atoms with Gasteiger partial charge in [0.2, 0.25) is 0 Å². The van der Waals surface area contributed by atoms with E-state index in [2.05, 4.69) is 19.5 Å². The van der Waals surface area contributed by atoms with E-state index in [0.717, 1.165) is 54.2 Å². The van der Waals surface area contributed by atoms with Crippen LogP contribution in [0.25, 0.3) is 11.2 Å². The number of nitrogens with zero attached hydrogens (tertiary/aromatic N) is 5. The number of amides is 1. The van der Waals surface area contributed by atoms with Crippen LogP contribution in [0.2, 0.25) is 0 Å². The van der Waals surface area contributed by atoms with E-state index in [9.17, 15) is 4.79 Å². The first-order chi connectivity index (χ1) is 13.2. The average Bonchev–Trinajstić information content (AvgIpc) is 3.29. The van der Waals surface area contributed by atoms with Crippen LogP contribution in [0.1, 0.15) is 39.8 Å². The molecule has 0 spiro atoms. The molecule has 1 fully saturated rings. The molecule has 27 heavy (non-hydrogen) atoms. The monoisotopic (exact) mass is 384 g/mol. The van der Waals surface area contributed by atoms with Gasteiger partial charge in [-0.3, -0.25) is 4.79 Å². The standard InChI is InChI=1S/C18H20N6O2S/c19-18-22-13-1-4-23(9-15(13)27-18)17(25)11-7-14-16(20-8-11)24(10-21-14)12-2-5-26-6-3-12/h7-8,10,12H,1-6,9H2,(H2,19,22). The molecule has 1 amide bonds. The number of aromatic nitrogens is 4. The maximum Gasteiger partial charge on any atom is 0.255 e. The van der Waals surface area contributed by atoms with Gasteiger partial charge in [0.05, 0.1) is 24.1 Å². The lowest BCUT2D eigenvalue weighted by Gasteiger charge is -2.26. The van der Waals surface area contributed by atoms with Crippen LogP contribution in [0.4, 0.5) is 5.13 Å². The van der Waals surface area contributed by atoms with Gasteiger partial charge in [0.1, 0.15) is 5.52 Å². The molecule has 0 saturated carbocycles. The van der Waals surface area contributed by atoms with E-state index in [0.29, 0.717) is 29.8 Å². The number of hydrogen-bond acceptors (Lipinski definition) is 7. The Morgan fingerprint density at radius 1 is 1.30 bits per heavy atom. The van der Waals surface area contributed by atoms with E-state index >= 15 is 0 Å². The van der Waals surface area contributed by atoms with Gasteiger partial charge < -0.3 is 19.9 Å². The molecule has 0 aromatic carbocycles. The number of rotatable bonds is 2. The number of carbonyl (C=O) groups is 1. The normalized spacial score (nSPS) is 18.0. The van der Waals surface area contributed by atoms with Crippen LogP contribution in [-0.2, 0) is 17.7 Å². The number of imidazole rings is 1. The molecule has 3 aromatic heterocycles. The van der Waals surface area contributed by atoms with Crippen LogP contribution in [-0.4, -0.2) is 50.1 Å². The fourth-order valence-electron chi connectivity index (χ4n) is 3.84. The summed E-state index contributed by atoms with van der Waals surface area (Å²) in [6, 6.07) is 2.20. The minimum Gasteiger partial charge on any atom is -0.381 e. The van der Waals surface area contributed by atoms with Crippen molar-refractivity contribution in [1.29, 1.82) is 0 Å². The Labute approximate surface area is 160 Å². The molecule has 3 aromatic rings. The van der Waals surface area contributed by atoms with Gasteiger partial charge in [-0.2, -0.15) is 0 Å². The number of carbonyl (C=O) groups excluding carboxylic acids is 1. The Morgan fingerprint density at radius 2 is 2.15 bits per heavy atom. The Kier molecular flexibility index (Phi) is 4.05. The highest BCUT2D eigenvalue weighted by Crippen LogP contribution is 2.28. The van der Waals surface area contributed by atoms with Crippen molar-refractivity contribution in [3.63, 3.8) is 0 Å². The summed E-state index contributed by atoms with van der Waals surface area (Å²) < 4.78 is 7.55. The van der Waals surface area contributed by atoms with Crippen LogP contribution in [0.3, 0.4) is 0 Å². The van der Waals surface area contributed by atoms with Crippen LogP contribution in [0.15, 0.2) is 18.6 Å². The summed E-state index contributed by atoms with van der Waals surface area (Å²) in [4.78, 5) is 29.2. The molecule has 0 aliphatic carbocycles. The van der Waals surface area contributed by atoms with Gasteiger partial charge in [-0.1, -0.05) is 0 Å². The summed E-state index contributed by atoms with van der Waals surface area (Å²) in [6.45, 7) is 2.72. The van der Waals surface area contributed by atoms with Gasteiger partial charge in [-0.25, -0.2) is 15.0 Å². The van der Waals surface area contributed by atoms with Crippen molar-refractivity contribution in [1.82, 2.24) is 24.4 Å². The first-order valence-electron chi connectivity index (χ1n) is 9.12. The van der Waals surface area contributed by atoms with E-state index in [1.165, 1.54) is 11.3 Å². The maximum atomic E-state index is 13.0. The van der Waals surface area contributed by atoms with Crippen molar-refractivity contribution in [3.05, 3.63) is 34.7 Å². The Hall–Kier alpha value is -2.52. The summed E-state index contributed by atoms with van der Waals surface area (Å²) in [5, 5.41) is 0.566. The second-order valence-electron chi connectivity index (χ2n) is 6.96. The third-order valence-corrected chi connectivity index (χ3v) is 6.19. The highest BCUT2D eigenvalue weighted by Gasteiger charge is 2.25. The summed E-state index contributed by atoms with van der Waals surface area (Å²) >= 11 is 1.46. The summed E-state index contributed by atoms with van der Waals surface area (Å²) in [6.07, 6.45) is 6.15. The zero-order chi connectivity index (χ0) is 18.4. The van der Waals surface area contributed by atoms with Crippen molar-refractivity contribution < 1.29 is 9.53 Å². The number of nitrogen functional groups attached to an aromatic ring is 1. The van der Waals surface area contributed by atoms with Gasteiger partial charge in [0, 0.05) is 43.3 Å². The molecular formula is C18H20N6O2S. The lowest BCUT2D eigenvalue weighted by molar-refractivity contribution is 0.0704. The molecule has 140 valence electrons. The second kappa shape index (κ2) is 6.58. The summed E-state index contributed by atoms with van der Waals surface area (Å²) in [5.74, 6) is -0.0253. The molecule has 0 unspecified atom stereocenters. The zero-order valence-corrected chi connectivity index (χ0v) is 15.6. The second-order valence-corrected chi connectivity index (χ2v) is 8.08. The molecule has 0 bridgehead atoms. The van der Waals surface area contributed by atoms with Crippen molar-refractivity contribution >= 4 is 33.5 Å². The fraction of sp³-hybridized carbons (Fsp3) is 0.444. The minimum atomic E-state index is -0.0253. The van der Waals surface area contributed by atoms with E-state index in [-0.39, 0.29) is 5.91 Å². The van der Waals surface area contributed by atoms with Gasteiger partial charge in [-0.15, -0.1) is 11.3 Å². The maximum absolute atomic E-state index is 13.0. The number of hydrogen-bond donors (Lipinski definition) is 1. The van der Waals surface area contributed by atoms with E-state index in [4.69, 9.17) is 10.5 Å². The number of thiazole rings is 1. The third-order valence-electron chi connectivity index (χ3n) is 5.28. The first-order valence-corrected chi connectivity index (χ1v) is 9.94. The number of ether oxygens (including phenoxy) is 1. The summed E-state index contributed by atoms with van der Waals surface area (Å²) in [7, 11) is 0. The minimum absolute atomic E-state index is 0.0253. The molecule has 8 nitrogen and oxygen atoms in total. The van der Waals surface area contributed by atoms with Crippen molar-refractivity contribution in [3.8, 4) is 0 Å².